The third-order valence-corrected chi connectivity index (χ3v) is 3.20. The summed E-state index contributed by atoms with van der Waals surface area (Å²) in [4.78, 5) is 8.42. The van der Waals surface area contributed by atoms with Crippen LogP contribution in [0.4, 0.5) is 0 Å². The zero-order chi connectivity index (χ0) is 14.6. The van der Waals surface area contributed by atoms with Crippen molar-refractivity contribution in [1.29, 1.82) is 0 Å². The molecule has 0 fully saturated rings. The highest BCUT2D eigenvalue weighted by Crippen LogP contribution is 2.25. The van der Waals surface area contributed by atoms with E-state index in [9.17, 15) is 10.2 Å². The fourth-order valence-electron chi connectivity index (χ4n) is 2.26. The first-order valence-electron chi connectivity index (χ1n) is 6.22. The highest BCUT2D eigenvalue weighted by Gasteiger charge is 2.14. The molecule has 0 atom stereocenters. The Balaban J connectivity index is 1.99. The van der Waals surface area contributed by atoms with Gasteiger partial charge in [-0.05, 0) is 12.5 Å². The van der Waals surface area contributed by atoms with Crippen LogP contribution in [0.3, 0.4) is 0 Å². The average molecular weight is 282 g/mol. The Morgan fingerprint density at radius 3 is 2.81 bits per heavy atom. The van der Waals surface area contributed by atoms with Gasteiger partial charge in [-0.1, -0.05) is 0 Å². The Labute approximate surface area is 117 Å². The molecule has 4 rings (SSSR count). The minimum atomic E-state index is -0.262. The molecule has 0 saturated carbocycles. The molecular formula is C13H10N6O2. The van der Waals surface area contributed by atoms with Crippen molar-refractivity contribution in [3.05, 3.63) is 36.2 Å². The normalized spacial score (nSPS) is 11.5. The van der Waals surface area contributed by atoms with Crippen LogP contribution in [-0.2, 0) is 0 Å². The van der Waals surface area contributed by atoms with E-state index in [2.05, 4.69) is 20.2 Å². The van der Waals surface area contributed by atoms with Gasteiger partial charge in [-0.15, -0.1) is 0 Å². The van der Waals surface area contributed by atoms with Crippen LogP contribution < -0.4 is 0 Å². The van der Waals surface area contributed by atoms with Crippen LogP contribution in [0.2, 0.25) is 0 Å². The summed E-state index contributed by atoms with van der Waals surface area (Å²) in [5.41, 5.74) is 3.17. The molecule has 0 aliphatic heterocycles. The summed E-state index contributed by atoms with van der Waals surface area (Å²) in [5.74, 6) is -0.450. The van der Waals surface area contributed by atoms with Crippen molar-refractivity contribution in [2.45, 2.75) is 6.92 Å². The van der Waals surface area contributed by atoms with Gasteiger partial charge in [0.2, 0.25) is 11.8 Å². The molecule has 4 heterocycles. The van der Waals surface area contributed by atoms with Gasteiger partial charge < -0.3 is 10.2 Å². The largest absolute Gasteiger partial charge is 0.493 e. The number of aromatic nitrogens is 6. The molecule has 4 aromatic rings. The molecule has 0 aliphatic rings. The molecule has 21 heavy (non-hydrogen) atoms. The van der Waals surface area contributed by atoms with Gasteiger partial charge in [-0.3, -0.25) is 0 Å². The van der Waals surface area contributed by atoms with E-state index in [1.54, 1.807) is 22.8 Å². The maximum Gasteiger partial charge on any atom is 0.219 e. The third kappa shape index (κ3) is 1.69. The summed E-state index contributed by atoms with van der Waals surface area (Å²) in [6.45, 7) is 1.90. The van der Waals surface area contributed by atoms with Crippen LogP contribution in [-0.4, -0.2) is 39.4 Å². The zero-order valence-electron chi connectivity index (χ0n) is 11.0. The molecule has 8 heteroatoms. The van der Waals surface area contributed by atoms with E-state index in [1.165, 1.54) is 4.52 Å². The summed E-state index contributed by atoms with van der Waals surface area (Å²) in [6.07, 6.45) is 3.52. The van der Waals surface area contributed by atoms with Crippen molar-refractivity contribution in [2.75, 3.05) is 0 Å². The second-order valence-corrected chi connectivity index (χ2v) is 4.68. The zero-order valence-corrected chi connectivity index (χ0v) is 11.0. The minimum Gasteiger partial charge on any atom is -0.493 e. The van der Waals surface area contributed by atoms with Crippen molar-refractivity contribution in [2.24, 2.45) is 0 Å². The van der Waals surface area contributed by atoms with Gasteiger partial charge in [0.25, 0.3) is 0 Å². The Hall–Kier alpha value is -3.16. The Kier molecular flexibility index (Phi) is 2.17. The molecule has 8 nitrogen and oxygen atoms in total. The number of rotatable bonds is 1. The molecule has 0 radical (unpaired) electrons. The maximum absolute atomic E-state index is 9.79. The van der Waals surface area contributed by atoms with Crippen LogP contribution in [0.25, 0.3) is 22.7 Å². The Morgan fingerprint density at radius 1 is 1.10 bits per heavy atom. The predicted molar refractivity (Wildman–Crippen MR) is 73.0 cm³/mol. The Morgan fingerprint density at radius 2 is 1.95 bits per heavy atom. The lowest BCUT2D eigenvalue weighted by Crippen LogP contribution is -1.97. The maximum atomic E-state index is 9.79. The van der Waals surface area contributed by atoms with Crippen molar-refractivity contribution in [1.82, 2.24) is 29.2 Å². The first-order valence-corrected chi connectivity index (χ1v) is 6.22. The van der Waals surface area contributed by atoms with Gasteiger partial charge in [0.1, 0.15) is 5.69 Å². The standard InChI is InChI=1S/C13H10N6O2/c1-7-6-18-9(2-3-14-18)16-13(7)8-4-10-15-11(20)5-12(21)19(10)17-8/h2-6,21H,1H3,(H,15,20). The SMILES string of the molecule is Cc1cn2nccc2nc1-c1cc2nc(O)cc(O)n2n1. The summed E-state index contributed by atoms with van der Waals surface area (Å²) < 4.78 is 2.92. The fourth-order valence-corrected chi connectivity index (χ4v) is 2.26. The average Bonchev–Trinajstić information content (AvgIpc) is 3.03. The fraction of sp³-hybridized carbons (Fsp3) is 0.0769. The number of hydrogen-bond acceptors (Lipinski definition) is 6. The van der Waals surface area contributed by atoms with E-state index in [1.807, 2.05) is 13.1 Å². The summed E-state index contributed by atoms with van der Waals surface area (Å²) in [7, 11) is 0. The summed E-state index contributed by atoms with van der Waals surface area (Å²) in [6, 6.07) is 4.58. The van der Waals surface area contributed by atoms with Gasteiger partial charge in [0.05, 0.1) is 18.0 Å². The molecule has 0 saturated heterocycles. The summed E-state index contributed by atoms with van der Waals surface area (Å²) >= 11 is 0. The lowest BCUT2D eigenvalue weighted by Gasteiger charge is -2.02. The van der Waals surface area contributed by atoms with Gasteiger partial charge in [0, 0.05) is 18.3 Å². The first kappa shape index (κ1) is 11.6. The monoisotopic (exact) mass is 282 g/mol. The van der Waals surface area contributed by atoms with Crippen molar-refractivity contribution in [3.63, 3.8) is 0 Å². The third-order valence-electron chi connectivity index (χ3n) is 3.20. The molecule has 2 N–H and O–H groups in total. The van der Waals surface area contributed by atoms with E-state index in [-0.39, 0.29) is 11.8 Å². The topological polar surface area (TPSA) is 101 Å². The molecule has 0 aliphatic carbocycles. The van der Waals surface area contributed by atoms with Crippen LogP contribution in [0, 0.1) is 6.92 Å². The highest BCUT2D eigenvalue weighted by molar-refractivity contribution is 5.66. The summed E-state index contributed by atoms with van der Waals surface area (Å²) in [5, 5.41) is 27.6. The van der Waals surface area contributed by atoms with E-state index in [4.69, 9.17) is 0 Å². The van der Waals surface area contributed by atoms with Crippen molar-refractivity contribution >= 4 is 11.3 Å². The minimum absolute atomic E-state index is 0.188. The predicted octanol–water partition coefficient (Wildman–Crippen LogP) is 1.16. The van der Waals surface area contributed by atoms with Crippen LogP contribution in [0.15, 0.2) is 30.6 Å². The van der Waals surface area contributed by atoms with Crippen molar-refractivity contribution < 1.29 is 10.2 Å². The van der Waals surface area contributed by atoms with Gasteiger partial charge in [-0.25, -0.2) is 9.50 Å². The lowest BCUT2D eigenvalue weighted by molar-refractivity contribution is 0.413. The van der Waals surface area contributed by atoms with Gasteiger partial charge >= 0.3 is 0 Å². The quantitative estimate of drug-likeness (QED) is 0.543. The highest BCUT2D eigenvalue weighted by atomic mass is 16.3. The molecule has 0 amide bonds. The molecule has 104 valence electrons. The number of nitrogens with zero attached hydrogens (tertiary/aromatic N) is 6. The van der Waals surface area contributed by atoms with E-state index < -0.39 is 0 Å². The van der Waals surface area contributed by atoms with E-state index in [0.717, 1.165) is 11.6 Å². The second kappa shape index (κ2) is 3.92. The van der Waals surface area contributed by atoms with Crippen LogP contribution >= 0.6 is 0 Å². The number of fused-ring (bicyclic) bond motifs is 2. The van der Waals surface area contributed by atoms with Gasteiger partial charge in [-0.2, -0.15) is 19.7 Å². The first-order chi connectivity index (χ1) is 10.1. The molecule has 0 spiro atoms. The molecule has 4 aromatic heterocycles. The van der Waals surface area contributed by atoms with Crippen LogP contribution in [0.1, 0.15) is 5.56 Å². The number of hydrogen-bond donors (Lipinski definition) is 2. The smallest absolute Gasteiger partial charge is 0.219 e. The van der Waals surface area contributed by atoms with E-state index in [0.29, 0.717) is 22.7 Å². The number of aryl methyl sites for hydroxylation is 1. The molecule has 0 unspecified atom stereocenters. The molecule has 0 bridgehead atoms. The second-order valence-electron chi connectivity index (χ2n) is 4.68. The van der Waals surface area contributed by atoms with Gasteiger partial charge in [0.15, 0.2) is 11.3 Å². The number of aromatic hydroxyl groups is 2. The molecule has 0 aromatic carbocycles. The van der Waals surface area contributed by atoms with Crippen LogP contribution in [0.5, 0.6) is 11.8 Å². The lowest BCUT2D eigenvalue weighted by atomic mass is 10.2. The van der Waals surface area contributed by atoms with Crippen molar-refractivity contribution in [3.8, 4) is 23.1 Å². The Bertz CT molecular complexity index is 987. The molecular weight excluding hydrogens is 272 g/mol. The van der Waals surface area contributed by atoms with E-state index >= 15 is 0 Å².